The van der Waals surface area contributed by atoms with E-state index in [1.165, 1.54) is 0 Å². The first-order valence-electron chi connectivity index (χ1n) is 4.67. The van der Waals surface area contributed by atoms with Gasteiger partial charge in [0.25, 0.3) is 5.91 Å². The van der Waals surface area contributed by atoms with E-state index in [0.717, 1.165) is 3.57 Å². The largest absolute Gasteiger partial charge is 0.328 e. The Kier molecular flexibility index (Phi) is 4.63. The van der Waals surface area contributed by atoms with Crippen LogP contribution in [-0.2, 0) is 0 Å². The van der Waals surface area contributed by atoms with Gasteiger partial charge < -0.3 is 4.90 Å². The fraction of sp³-hybridized carbons (Fsp3) is 0.250. The summed E-state index contributed by atoms with van der Waals surface area (Å²) in [6.45, 7) is 2.92. The second kappa shape index (κ2) is 5.76. The van der Waals surface area contributed by atoms with Crippen LogP contribution in [0.25, 0.3) is 0 Å². The molecule has 1 aromatic carbocycles. The molecule has 2 nitrogen and oxygen atoms in total. The summed E-state index contributed by atoms with van der Waals surface area (Å²) in [5, 5.41) is 0. The average molecular weight is 313 g/mol. The van der Waals surface area contributed by atoms with Crippen molar-refractivity contribution in [2.75, 3.05) is 13.1 Å². The van der Waals surface area contributed by atoms with E-state index in [1.807, 2.05) is 31.2 Å². The average Bonchev–Trinajstić information content (AvgIpc) is 2.25. The number of halogens is 1. The van der Waals surface area contributed by atoms with Crippen LogP contribution < -0.4 is 0 Å². The first kappa shape index (κ1) is 12.1. The van der Waals surface area contributed by atoms with Gasteiger partial charge in [-0.2, -0.15) is 0 Å². The van der Waals surface area contributed by atoms with Crippen molar-refractivity contribution < 1.29 is 4.79 Å². The Morgan fingerprint density at radius 2 is 2.33 bits per heavy atom. The molecule has 0 aliphatic rings. The second-order valence-corrected chi connectivity index (χ2v) is 4.28. The van der Waals surface area contributed by atoms with E-state index < -0.39 is 0 Å². The molecule has 0 saturated carbocycles. The van der Waals surface area contributed by atoms with Gasteiger partial charge in [0, 0.05) is 15.7 Å². The smallest absolute Gasteiger partial charge is 0.254 e. The van der Waals surface area contributed by atoms with E-state index in [0.29, 0.717) is 18.7 Å². The number of carbonyl (C=O) groups is 1. The maximum absolute atomic E-state index is 11.9. The summed E-state index contributed by atoms with van der Waals surface area (Å²) in [7, 11) is 0. The summed E-state index contributed by atoms with van der Waals surface area (Å²) >= 11 is 2.18. The fourth-order valence-corrected chi connectivity index (χ4v) is 1.78. The maximum Gasteiger partial charge on any atom is 0.254 e. The normalized spacial score (nSPS) is 9.40. The lowest BCUT2D eigenvalue weighted by molar-refractivity contribution is 0.0785. The summed E-state index contributed by atoms with van der Waals surface area (Å²) in [5.41, 5.74) is 0.694. The Balaban J connectivity index is 2.88. The molecule has 0 atom stereocenters. The standard InChI is InChI=1S/C12H12INO/c1-3-8-14(4-2)12(15)10-6-5-7-11(13)9-10/h1,5-7,9H,4,8H2,2H3. The van der Waals surface area contributed by atoms with E-state index >= 15 is 0 Å². The Labute approximate surface area is 104 Å². The van der Waals surface area contributed by atoms with Crippen LogP contribution in [0.2, 0.25) is 0 Å². The van der Waals surface area contributed by atoms with Crippen LogP contribution in [0, 0.1) is 15.9 Å². The van der Waals surface area contributed by atoms with Crippen molar-refractivity contribution in [1.82, 2.24) is 4.90 Å². The van der Waals surface area contributed by atoms with Crippen LogP contribution in [0.1, 0.15) is 17.3 Å². The lowest BCUT2D eigenvalue weighted by Crippen LogP contribution is -2.31. The molecule has 0 aromatic heterocycles. The number of amides is 1. The number of hydrogen-bond donors (Lipinski definition) is 0. The van der Waals surface area contributed by atoms with Crippen LogP contribution in [0.15, 0.2) is 24.3 Å². The molecule has 1 amide bonds. The van der Waals surface area contributed by atoms with Crippen LogP contribution in [0.5, 0.6) is 0 Å². The molecule has 0 aliphatic carbocycles. The molecule has 1 aromatic rings. The number of benzene rings is 1. The molecule has 0 radical (unpaired) electrons. The third-order valence-corrected chi connectivity index (χ3v) is 2.69. The number of terminal acetylenes is 1. The van der Waals surface area contributed by atoms with Gasteiger partial charge in [-0.05, 0) is 47.7 Å². The zero-order valence-corrected chi connectivity index (χ0v) is 10.7. The SMILES string of the molecule is C#CCN(CC)C(=O)c1cccc(I)c1. The zero-order chi connectivity index (χ0) is 11.3. The molecule has 0 N–H and O–H groups in total. The van der Waals surface area contributed by atoms with E-state index in [1.54, 1.807) is 4.90 Å². The minimum absolute atomic E-state index is 0.00559. The predicted octanol–water partition coefficient (Wildman–Crippen LogP) is 2.39. The van der Waals surface area contributed by atoms with E-state index in [-0.39, 0.29) is 5.91 Å². The van der Waals surface area contributed by atoms with Gasteiger partial charge in [0.05, 0.1) is 6.54 Å². The minimum Gasteiger partial charge on any atom is -0.328 e. The number of rotatable bonds is 3. The predicted molar refractivity (Wildman–Crippen MR) is 69.6 cm³/mol. The van der Waals surface area contributed by atoms with Crippen molar-refractivity contribution >= 4 is 28.5 Å². The molecule has 78 valence electrons. The van der Waals surface area contributed by atoms with Gasteiger partial charge in [0.1, 0.15) is 0 Å². The molecule has 0 aliphatic heterocycles. The molecule has 0 unspecified atom stereocenters. The van der Waals surface area contributed by atoms with Gasteiger partial charge >= 0.3 is 0 Å². The molecule has 3 heteroatoms. The molecule has 0 bridgehead atoms. The van der Waals surface area contributed by atoms with Crippen LogP contribution in [0.3, 0.4) is 0 Å². The maximum atomic E-state index is 11.9. The summed E-state index contributed by atoms with van der Waals surface area (Å²) in [4.78, 5) is 13.6. The zero-order valence-electron chi connectivity index (χ0n) is 8.53. The molecule has 0 saturated heterocycles. The number of hydrogen-bond acceptors (Lipinski definition) is 1. The van der Waals surface area contributed by atoms with Crippen LogP contribution in [0.4, 0.5) is 0 Å². The first-order chi connectivity index (χ1) is 7.19. The minimum atomic E-state index is -0.00559. The van der Waals surface area contributed by atoms with Crippen molar-refractivity contribution in [3.05, 3.63) is 33.4 Å². The highest BCUT2D eigenvalue weighted by atomic mass is 127. The van der Waals surface area contributed by atoms with Gasteiger partial charge in [0.15, 0.2) is 0 Å². The van der Waals surface area contributed by atoms with E-state index in [4.69, 9.17) is 6.42 Å². The molecular weight excluding hydrogens is 301 g/mol. The Bertz CT molecular complexity index is 395. The summed E-state index contributed by atoms with van der Waals surface area (Å²) in [6, 6.07) is 7.50. The van der Waals surface area contributed by atoms with Crippen LogP contribution >= 0.6 is 22.6 Å². The molecule has 0 fully saturated rings. The van der Waals surface area contributed by atoms with Crippen molar-refractivity contribution in [2.24, 2.45) is 0 Å². The van der Waals surface area contributed by atoms with Gasteiger partial charge in [-0.1, -0.05) is 12.0 Å². The van der Waals surface area contributed by atoms with Gasteiger partial charge in [-0.25, -0.2) is 0 Å². The van der Waals surface area contributed by atoms with Crippen molar-refractivity contribution in [3.8, 4) is 12.3 Å². The fourth-order valence-electron chi connectivity index (χ4n) is 1.24. The van der Waals surface area contributed by atoms with E-state index in [2.05, 4.69) is 28.5 Å². The van der Waals surface area contributed by atoms with Crippen molar-refractivity contribution in [3.63, 3.8) is 0 Å². The summed E-state index contributed by atoms with van der Waals surface area (Å²) in [6.07, 6.45) is 5.21. The topological polar surface area (TPSA) is 20.3 Å². The second-order valence-electron chi connectivity index (χ2n) is 3.03. The van der Waals surface area contributed by atoms with Gasteiger partial charge in [0.2, 0.25) is 0 Å². The van der Waals surface area contributed by atoms with Crippen molar-refractivity contribution in [1.29, 1.82) is 0 Å². The Morgan fingerprint density at radius 3 is 2.87 bits per heavy atom. The molecule has 0 heterocycles. The molecule has 1 rings (SSSR count). The highest BCUT2D eigenvalue weighted by Crippen LogP contribution is 2.10. The number of carbonyl (C=O) groups excluding carboxylic acids is 1. The lowest BCUT2D eigenvalue weighted by Gasteiger charge is -2.17. The highest BCUT2D eigenvalue weighted by molar-refractivity contribution is 14.1. The third kappa shape index (κ3) is 3.24. The first-order valence-corrected chi connectivity index (χ1v) is 5.75. The Hall–Kier alpha value is -1.02. The van der Waals surface area contributed by atoms with Gasteiger partial charge in [-0.3, -0.25) is 4.79 Å². The van der Waals surface area contributed by atoms with Gasteiger partial charge in [-0.15, -0.1) is 6.42 Å². The quantitative estimate of drug-likeness (QED) is 0.620. The monoisotopic (exact) mass is 313 g/mol. The summed E-state index contributed by atoms with van der Waals surface area (Å²) in [5.74, 6) is 2.48. The van der Waals surface area contributed by atoms with Crippen LogP contribution in [-0.4, -0.2) is 23.9 Å². The lowest BCUT2D eigenvalue weighted by atomic mass is 10.2. The number of nitrogens with zero attached hydrogens (tertiary/aromatic N) is 1. The Morgan fingerprint density at radius 1 is 1.60 bits per heavy atom. The molecule has 15 heavy (non-hydrogen) atoms. The molecular formula is C12H12INO. The summed E-state index contributed by atoms with van der Waals surface area (Å²) < 4.78 is 1.05. The van der Waals surface area contributed by atoms with Crippen molar-refractivity contribution in [2.45, 2.75) is 6.92 Å². The van der Waals surface area contributed by atoms with E-state index in [9.17, 15) is 4.79 Å². The highest BCUT2D eigenvalue weighted by Gasteiger charge is 2.12. The molecule has 0 spiro atoms. The third-order valence-electron chi connectivity index (χ3n) is 2.02.